The number of imide groups is 1. The number of rotatable bonds is 7. The standard InChI is InChI=1S/C23H27N3O5/c1-3-4-12-26-20(28)17-9-8-16(13-18(17)21(26)29)22(30)31-14-19(27)25(2)23(15-24)10-6-5-7-11-23/h8-9,13H,3-7,10-12,14H2,1-2H3. The second-order valence-electron chi connectivity index (χ2n) is 8.11. The number of fused-ring (bicyclic) bond motifs is 1. The van der Waals surface area contributed by atoms with E-state index >= 15 is 0 Å². The molecule has 164 valence electrons. The number of nitriles is 1. The number of unbranched alkanes of at least 4 members (excludes halogenated alkanes) is 1. The predicted molar refractivity (Wildman–Crippen MR) is 111 cm³/mol. The van der Waals surface area contributed by atoms with Crippen LogP contribution in [0, 0.1) is 11.3 Å². The Balaban J connectivity index is 1.65. The molecule has 0 unspecified atom stereocenters. The Hall–Kier alpha value is -3.21. The summed E-state index contributed by atoms with van der Waals surface area (Å²) in [6.45, 7) is 1.81. The lowest BCUT2D eigenvalue weighted by Gasteiger charge is -2.38. The van der Waals surface area contributed by atoms with Crippen molar-refractivity contribution >= 4 is 23.7 Å². The molecule has 8 heteroatoms. The van der Waals surface area contributed by atoms with Gasteiger partial charge in [-0.05, 0) is 37.5 Å². The van der Waals surface area contributed by atoms with Crippen molar-refractivity contribution in [2.24, 2.45) is 0 Å². The fourth-order valence-electron chi connectivity index (χ4n) is 4.14. The maximum atomic E-state index is 12.6. The molecule has 2 aliphatic rings. The van der Waals surface area contributed by atoms with E-state index in [4.69, 9.17) is 4.74 Å². The minimum Gasteiger partial charge on any atom is -0.452 e. The summed E-state index contributed by atoms with van der Waals surface area (Å²) in [4.78, 5) is 52.6. The van der Waals surface area contributed by atoms with Crippen molar-refractivity contribution in [2.75, 3.05) is 20.2 Å². The van der Waals surface area contributed by atoms with Gasteiger partial charge in [0.1, 0.15) is 5.54 Å². The summed E-state index contributed by atoms with van der Waals surface area (Å²) in [6.07, 6.45) is 5.56. The number of likely N-dealkylation sites (N-methyl/N-ethyl adjacent to an activating group) is 1. The lowest BCUT2D eigenvalue weighted by molar-refractivity contribution is -0.138. The van der Waals surface area contributed by atoms with Crippen LogP contribution in [-0.2, 0) is 9.53 Å². The molecule has 8 nitrogen and oxygen atoms in total. The van der Waals surface area contributed by atoms with E-state index in [1.54, 1.807) is 7.05 Å². The molecule has 0 bridgehead atoms. The number of carbonyl (C=O) groups excluding carboxylic acids is 4. The molecule has 1 aliphatic carbocycles. The molecule has 1 heterocycles. The van der Waals surface area contributed by atoms with Gasteiger partial charge in [0.05, 0.1) is 22.8 Å². The molecule has 1 aliphatic heterocycles. The van der Waals surface area contributed by atoms with Crippen molar-refractivity contribution in [3.8, 4) is 6.07 Å². The summed E-state index contributed by atoms with van der Waals surface area (Å²) in [5, 5.41) is 9.61. The van der Waals surface area contributed by atoms with Crippen molar-refractivity contribution in [3.05, 3.63) is 34.9 Å². The Morgan fingerprint density at radius 3 is 2.48 bits per heavy atom. The average Bonchev–Trinajstić information content (AvgIpc) is 3.04. The zero-order valence-electron chi connectivity index (χ0n) is 18.0. The third-order valence-electron chi connectivity index (χ3n) is 6.17. The fraction of sp³-hybridized carbons (Fsp3) is 0.522. The van der Waals surface area contributed by atoms with E-state index < -0.39 is 29.9 Å². The Morgan fingerprint density at radius 2 is 1.84 bits per heavy atom. The number of hydrogen-bond donors (Lipinski definition) is 0. The summed E-state index contributed by atoms with van der Waals surface area (Å²) in [6, 6.07) is 6.47. The molecule has 31 heavy (non-hydrogen) atoms. The highest BCUT2D eigenvalue weighted by atomic mass is 16.5. The quantitative estimate of drug-likeness (QED) is 0.491. The van der Waals surface area contributed by atoms with Crippen molar-refractivity contribution < 1.29 is 23.9 Å². The molecule has 1 fully saturated rings. The highest BCUT2D eigenvalue weighted by Gasteiger charge is 2.39. The first-order valence-corrected chi connectivity index (χ1v) is 10.7. The normalized spacial score (nSPS) is 17.1. The topological polar surface area (TPSA) is 108 Å². The number of ether oxygens (including phenoxy) is 1. The van der Waals surface area contributed by atoms with Gasteiger partial charge in [0, 0.05) is 13.6 Å². The van der Waals surface area contributed by atoms with Gasteiger partial charge in [-0.25, -0.2) is 4.79 Å². The van der Waals surface area contributed by atoms with E-state index in [9.17, 15) is 24.4 Å². The van der Waals surface area contributed by atoms with Gasteiger partial charge in [0.15, 0.2) is 6.61 Å². The monoisotopic (exact) mass is 425 g/mol. The molecule has 0 aromatic heterocycles. The van der Waals surface area contributed by atoms with Crippen molar-refractivity contribution in [1.29, 1.82) is 5.26 Å². The molecule has 1 aromatic carbocycles. The number of nitrogens with zero attached hydrogens (tertiary/aromatic N) is 3. The molecular formula is C23H27N3O5. The first-order chi connectivity index (χ1) is 14.8. The SMILES string of the molecule is CCCCN1C(=O)c2ccc(C(=O)OCC(=O)N(C)C3(C#N)CCCCC3)cc2C1=O. The first kappa shape index (κ1) is 22.5. The minimum atomic E-state index is -0.857. The number of amides is 3. The van der Waals surface area contributed by atoms with E-state index in [2.05, 4.69) is 6.07 Å². The third-order valence-corrected chi connectivity index (χ3v) is 6.17. The lowest BCUT2D eigenvalue weighted by atomic mass is 9.81. The Morgan fingerprint density at radius 1 is 1.16 bits per heavy atom. The van der Waals surface area contributed by atoms with E-state index in [1.807, 2.05) is 6.92 Å². The van der Waals surface area contributed by atoms with Gasteiger partial charge in [0.2, 0.25) is 0 Å². The molecule has 0 radical (unpaired) electrons. The highest BCUT2D eigenvalue weighted by molar-refractivity contribution is 6.22. The van der Waals surface area contributed by atoms with Gasteiger partial charge < -0.3 is 9.64 Å². The van der Waals surface area contributed by atoms with Gasteiger partial charge in [-0.2, -0.15) is 5.26 Å². The van der Waals surface area contributed by atoms with Crippen LogP contribution in [0.2, 0.25) is 0 Å². The summed E-state index contributed by atoms with van der Waals surface area (Å²) in [5.74, 6) is -1.99. The largest absolute Gasteiger partial charge is 0.452 e. The molecule has 0 atom stereocenters. The first-order valence-electron chi connectivity index (χ1n) is 10.7. The second kappa shape index (κ2) is 9.29. The smallest absolute Gasteiger partial charge is 0.338 e. The fourth-order valence-corrected chi connectivity index (χ4v) is 4.14. The Labute approximate surface area is 181 Å². The molecule has 0 spiro atoms. The van der Waals surface area contributed by atoms with E-state index in [0.29, 0.717) is 25.8 Å². The van der Waals surface area contributed by atoms with Crippen molar-refractivity contribution in [2.45, 2.75) is 57.4 Å². The summed E-state index contributed by atoms with van der Waals surface area (Å²) in [7, 11) is 1.56. The average molecular weight is 425 g/mol. The predicted octanol–water partition coefficient (Wildman–Crippen LogP) is 2.92. The molecule has 0 N–H and O–H groups in total. The summed E-state index contributed by atoms with van der Waals surface area (Å²) < 4.78 is 5.16. The molecule has 1 aromatic rings. The van der Waals surface area contributed by atoms with Gasteiger partial charge in [-0.3, -0.25) is 19.3 Å². The van der Waals surface area contributed by atoms with Crippen LogP contribution in [0.25, 0.3) is 0 Å². The minimum absolute atomic E-state index is 0.0976. The molecule has 0 saturated heterocycles. The number of esters is 1. The number of carbonyl (C=O) groups is 4. The zero-order valence-corrected chi connectivity index (χ0v) is 18.0. The van der Waals surface area contributed by atoms with Crippen LogP contribution in [-0.4, -0.2) is 59.2 Å². The molecule has 1 saturated carbocycles. The van der Waals surface area contributed by atoms with Crippen LogP contribution in [0.3, 0.4) is 0 Å². The number of hydrogen-bond acceptors (Lipinski definition) is 6. The maximum Gasteiger partial charge on any atom is 0.338 e. The Kier molecular flexibility index (Phi) is 6.74. The van der Waals surface area contributed by atoms with Gasteiger partial charge >= 0.3 is 5.97 Å². The van der Waals surface area contributed by atoms with Crippen LogP contribution in [0.5, 0.6) is 0 Å². The second-order valence-corrected chi connectivity index (χ2v) is 8.11. The van der Waals surface area contributed by atoms with Gasteiger partial charge in [-0.15, -0.1) is 0 Å². The van der Waals surface area contributed by atoms with Gasteiger partial charge in [0.25, 0.3) is 17.7 Å². The number of benzene rings is 1. The van der Waals surface area contributed by atoms with Crippen LogP contribution < -0.4 is 0 Å². The van der Waals surface area contributed by atoms with E-state index in [0.717, 1.165) is 25.7 Å². The van der Waals surface area contributed by atoms with Crippen LogP contribution in [0.1, 0.15) is 82.9 Å². The highest BCUT2D eigenvalue weighted by Crippen LogP contribution is 2.32. The molecule has 3 amide bonds. The van der Waals surface area contributed by atoms with E-state index in [1.165, 1.54) is 28.0 Å². The third kappa shape index (κ3) is 4.31. The van der Waals surface area contributed by atoms with Crippen molar-refractivity contribution in [1.82, 2.24) is 9.80 Å². The maximum absolute atomic E-state index is 12.6. The van der Waals surface area contributed by atoms with Crippen molar-refractivity contribution in [3.63, 3.8) is 0 Å². The lowest BCUT2D eigenvalue weighted by Crippen LogP contribution is -2.51. The van der Waals surface area contributed by atoms with Crippen LogP contribution in [0.4, 0.5) is 0 Å². The molecular weight excluding hydrogens is 398 g/mol. The molecule has 3 rings (SSSR count). The van der Waals surface area contributed by atoms with Crippen LogP contribution >= 0.6 is 0 Å². The Bertz CT molecular complexity index is 943. The van der Waals surface area contributed by atoms with E-state index in [-0.39, 0.29) is 22.6 Å². The summed E-state index contributed by atoms with van der Waals surface area (Å²) >= 11 is 0. The summed E-state index contributed by atoms with van der Waals surface area (Å²) in [5.41, 5.74) is -0.323. The van der Waals surface area contributed by atoms with Crippen LogP contribution in [0.15, 0.2) is 18.2 Å². The van der Waals surface area contributed by atoms with Gasteiger partial charge in [-0.1, -0.05) is 32.6 Å². The zero-order chi connectivity index (χ0) is 22.6.